The maximum atomic E-state index is 12.9. The summed E-state index contributed by atoms with van der Waals surface area (Å²) in [4.78, 5) is 11.9. The molecule has 3 rings (SSSR count). The van der Waals surface area contributed by atoms with Gasteiger partial charge >= 0.3 is 12.3 Å². The van der Waals surface area contributed by atoms with Crippen LogP contribution in [0.5, 0.6) is 0 Å². The quantitative estimate of drug-likeness (QED) is 0.543. The first-order valence-electron chi connectivity index (χ1n) is 11.4. The fourth-order valence-electron chi connectivity index (χ4n) is 4.70. The average molecular weight is 441 g/mol. The van der Waals surface area contributed by atoms with Crippen LogP contribution in [0.2, 0.25) is 0 Å². The number of alkyl carbamates (subject to hydrolysis) is 1. The third-order valence-electron chi connectivity index (χ3n) is 6.39. The number of rotatable bonds is 4. The van der Waals surface area contributed by atoms with E-state index in [2.05, 4.69) is 22.8 Å². The maximum Gasteiger partial charge on any atom is 0.407 e. The molecule has 2 fully saturated rings. The molecule has 0 spiro atoms. The first kappa shape index (κ1) is 23.7. The Bertz CT molecular complexity index is 712. The van der Waals surface area contributed by atoms with Crippen LogP contribution in [0.15, 0.2) is 24.3 Å². The summed E-state index contributed by atoms with van der Waals surface area (Å²) in [5.74, 6) is -0.911. The molecule has 0 saturated heterocycles. The van der Waals surface area contributed by atoms with Crippen molar-refractivity contribution in [3.05, 3.63) is 29.8 Å². The lowest BCUT2D eigenvalue weighted by atomic mass is 9.78. The average Bonchev–Trinajstić information content (AvgIpc) is 2.68. The van der Waals surface area contributed by atoms with E-state index in [1.54, 1.807) is 0 Å². The molecule has 2 saturated carbocycles. The first-order valence-corrected chi connectivity index (χ1v) is 11.4. The van der Waals surface area contributed by atoms with E-state index in [1.165, 1.54) is 0 Å². The molecule has 2 aliphatic carbocycles. The molecule has 0 bridgehead atoms. The van der Waals surface area contributed by atoms with Gasteiger partial charge in [-0.15, -0.1) is 0 Å². The second-order valence-corrected chi connectivity index (χ2v) is 10.1. The summed E-state index contributed by atoms with van der Waals surface area (Å²) >= 11 is 0. The number of halogens is 3. The van der Waals surface area contributed by atoms with Crippen molar-refractivity contribution in [2.45, 2.75) is 102 Å². The van der Waals surface area contributed by atoms with Gasteiger partial charge in [0.2, 0.25) is 0 Å². The highest BCUT2D eigenvalue weighted by molar-refractivity contribution is 5.68. The van der Waals surface area contributed by atoms with Gasteiger partial charge in [-0.05, 0) is 95.8 Å². The van der Waals surface area contributed by atoms with Crippen LogP contribution in [0.25, 0.3) is 0 Å². The predicted octanol–water partition coefficient (Wildman–Crippen LogP) is 6.77. The Labute approximate surface area is 183 Å². The SMILES string of the molecule is CC(C)(C)OC(=O)NC1CCC(Nc2ccc(C3CCC(C(F)(F)F)CC3)cc2)CC1. The van der Waals surface area contributed by atoms with E-state index in [9.17, 15) is 18.0 Å². The minimum absolute atomic E-state index is 0.141. The summed E-state index contributed by atoms with van der Waals surface area (Å²) in [6, 6.07) is 8.67. The molecule has 1 aromatic rings. The van der Waals surface area contributed by atoms with Gasteiger partial charge in [0.05, 0.1) is 5.92 Å². The molecule has 0 radical (unpaired) electrons. The number of carbonyl (C=O) groups is 1. The van der Waals surface area contributed by atoms with Gasteiger partial charge < -0.3 is 15.4 Å². The largest absolute Gasteiger partial charge is 0.444 e. The van der Waals surface area contributed by atoms with Crippen molar-refractivity contribution in [3.63, 3.8) is 0 Å². The molecule has 0 atom stereocenters. The Morgan fingerprint density at radius 1 is 0.871 bits per heavy atom. The number of hydrogen-bond donors (Lipinski definition) is 2. The van der Waals surface area contributed by atoms with Gasteiger partial charge in [0.15, 0.2) is 0 Å². The third kappa shape index (κ3) is 7.32. The summed E-state index contributed by atoms with van der Waals surface area (Å²) in [6.07, 6.45) is 0.979. The molecule has 7 heteroatoms. The Hall–Kier alpha value is -1.92. The Morgan fingerprint density at radius 2 is 1.42 bits per heavy atom. The number of alkyl halides is 3. The van der Waals surface area contributed by atoms with Crippen LogP contribution >= 0.6 is 0 Å². The molecule has 0 aromatic heterocycles. The van der Waals surface area contributed by atoms with E-state index in [1.807, 2.05) is 32.9 Å². The van der Waals surface area contributed by atoms with Crippen molar-refractivity contribution in [2.75, 3.05) is 5.32 Å². The maximum absolute atomic E-state index is 12.9. The van der Waals surface area contributed by atoms with Crippen molar-refractivity contribution in [2.24, 2.45) is 5.92 Å². The van der Waals surface area contributed by atoms with E-state index in [0.29, 0.717) is 18.9 Å². The van der Waals surface area contributed by atoms with Crippen molar-refractivity contribution >= 4 is 11.8 Å². The van der Waals surface area contributed by atoms with Gasteiger partial charge in [-0.25, -0.2) is 4.79 Å². The van der Waals surface area contributed by atoms with E-state index >= 15 is 0 Å². The number of benzene rings is 1. The zero-order valence-corrected chi connectivity index (χ0v) is 18.7. The molecule has 2 N–H and O–H groups in total. The number of ether oxygens (including phenoxy) is 1. The molecular formula is C24H35F3N2O2. The summed E-state index contributed by atoms with van der Waals surface area (Å²) < 4.78 is 43.9. The normalized spacial score (nSPS) is 27.4. The monoisotopic (exact) mass is 440 g/mol. The fourth-order valence-corrected chi connectivity index (χ4v) is 4.70. The third-order valence-corrected chi connectivity index (χ3v) is 6.39. The number of amides is 1. The summed E-state index contributed by atoms with van der Waals surface area (Å²) in [5, 5.41) is 6.51. The van der Waals surface area contributed by atoms with Crippen LogP contribution in [0, 0.1) is 5.92 Å². The molecule has 2 aliphatic rings. The predicted molar refractivity (Wildman–Crippen MR) is 116 cm³/mol. The summed E-state index contributed by atoms with van der Waals surface area (Å²) in [5.41, 5.74) is 1.68. The highest BCUT2D eigenvalue weighted by Crippen LogP contribution is 2.43. The number of hydrogen-bond acceptors (Lipinski definition) is 3. The van der Waals surface area contributed by atoms with E-state index in [0.717, 1.165) is 36.9 Å². The number of anilines is 1. The molecule has 174 valence electrons. The highest BCUT2D eigenvalue weighted by atomic mass is 19.4. The standard InChI is InChI=1S/C24H35F3N2O2/c1-23(2,3)31-22(30)29-21-14-12-20(13-15-21)28-19-10-6-17(7-11-19)16-4-8-18(9-5-16)24(25,26)27/h6-7,10-11,16,18,20-21,28H,4-5,8-9,12-15H2,1-3H3,(H,29,30). The highest BCUT2D eigenvalue weighted by Gasteiger charge is 2.41. The Morgan fingerprint density at radius 3 is 1.94 bits per heavy atom. The first-order chi connectivity index (χ1) is 14.5. The van der Waals surface area contributed by atoms with Gasteiger partial charge in [0.25, 0.3) is 0 Å². The van der Waals surface area contributed by atoms with Gasteiger partial charge in [-0.3, -0.25) is 0 Å². The zero-order valence-electron chi connectivity index (χ0n) is 18.7. The lowest BCUT2D eigenvalue weighted by Crippen LogP contribution is -2.42. The number of nitrogens with one attached hydrogen (secondary N) is 2. The van der Waals surface area contributed by atoms with E-state index in [-0.39, 0.29) is 30.9 Å². The minimum atomic E-state index is -4.06. The molecule has 0 unspecified atom stereocenters. The lowest BCUT2D eigenvalue weighted by molar-refractivity contribution is -0.182. The summed E-state index contributed by atoms with van der Waals surface area (Å²) in [6.45, 7) is 5.56. The number of carbonyl (C=O) groups excluding carboxylic acids is 1. The lowest BCUT2D eigenvalue weighted by Gasteiger charge is -2.31. The van der Waals surface area contributed by atoms with Crippen LogP contribution in [-0.2, 0) is 4.74 Å². The fraction of sp³-hybridized carbons (Fsp3) is 0.708. The summed E-state index contributed by atoms with van der Waals surface area (Å²) in [7, 11) is 0. The van der Waals surface area contributed by atoms with Crippen molar-refractivity contribution in [3.8, 4) is 0 Å². The van der Waals surface area contributed by atoms with Crippen LogP contribution in [0.3, 0.4) is 0 Å². The molecule has 31 heavy (non-hydrogen) atoms. The van der Waals surface area contributed by atoms with E-state index in [4.69, 9.17) is 4.74 Å². The Balaban J connectivity index is 1.42. The molecular weight excluding hydrogens is 405 g/mol. The van der Waals surface area contributed by atoms with Crippen molar-refractivity contribution < 1.29 is 22.7 Å². The minimum Gasteiger partial charge on any atom is -0.444 e. The Kier molecular flexibility index (Phi) is 7.43. The molecule has 1 amide bonds. The molecule has 1 aromatic carbocycles. The van der Waals surface area contributed by atoms with Crippen LogP contribution in [0.4, 0.5) is 23.7 Å². The van der Waals surface area contributed by atoms with Crippen molar-refractivity contribution in [1.29, 1.82) is 0 Å². The van der Waals surface area contributed by atoms with Crippen LogP contribution < -0.4 is 10.6 Å². The smallest absolute Gasteiger partial charge is 0.407 e. The van der Waals surface area contributed by atoms with Gasteiger partial charge in [-0.2, -0.15) is 13.2 Å². The van der Waals surface area contributed by atoms with E-state index < -0.39 is 17.7 Å². The van der Waals surface area contributed by atoms with Crippen molar-refractivity contribution in [1.82, 2.24) is 5.32 Å². The topological polar surface area (TPSA) is 50.4 Å². The zero-order chi connectivity index (χ0) is 22.6. The molecule has 4 nitrogen and oxygen atoms in total. The van der Waals surface area contributed by atoms with Gasteiger partial charge in [-0.1, -0.05) is 12.1 Å². The van der Waals surface area contributed by atoms with Gasteiger partial charge in [0.1, 0.15) is 5.60 Å². The molecule has 0 heterocycles. The second kappa shape index (κ2) is 9.70. The van der Waals surface area contributed by atoms with Gasteiger partial charge in [0, 0.05) is 17.8 Å². The van der Waals surface area contributed by atoms with Crippen LogP contribution in [-0.4, -0.2) is 30.0 Å². The second-order valence-electron chi connectivity index (χ2n) is 10.1. The molecule has 0 aliphatic heterocycles. The van der Waals surface area contributed by atoms with Crippen LogP contribution in [0.1, 0.15) is 83.6 Å².